The summed E-state index contributed by atoms with van der Waals surface area (Å²) in [7, 11) is 0. The Bertz CT molecular complexity index is 337. The number of hydrogen-bond acceptors (Lipinski definition) is 4. The van der Waals surface area contributed by atoms with Crippen LogP contribution in [-0.2, 0) is 4.74 Å². The summed E-state index contributed by atoms with van der Waals surface area (Å²) in [5.41, 5.74) is 0. The van der Waals surface area contributed by atoms with Crippen molar-refractivity contribution in [2.24, 2.45) is 10.9 Å². The van der Waals surface area contributed by atoms with Crippen LogP contribution < -0.4 is 5.32 Å². The monoisotopic (exact) mass is 283 g/mol. The van der Waals surface area contributed by atoms with Gasteiger partial charge in [-0.25, -0.2) is 0 Å². The summed E-state index contributed by atoms with van der Waals surface area (Å²) in [6.45, 7) is 7.10. The summed E-state index contributed by atoms with van der Waals surface area (Å²) in [5.74, 6) is 2.13. The summed E-state index contributed by atoms with van der Waals surface area (Å²) < 4.78 is 5.80. The molecule has 0 spiro atoms. The number of nitrogens with zero attached hydrogens (tertiary/aromatic N) is 2. The average molecular weight is 283 g/mol. The van der Waals surface area contributed by atoms with Gasteiger partial charge in [-0.15, -0.1) is 0 Å². The fourth-order valence-corrected chi connectivity index (χ4v) is 4.44. The maximum atomic E-state index is 5.80. The number of ether oxygens (including phenoxy) is 1. The lowest BCUT2D eigenvalue weighted by Gasteiger charge is -2.32. The van der Waals surface area contributed by atoms with Crippen LogP contribution >= 0.6 is 11.8 Å². The van der Waals surface area contributed by atoms with Crippen LogP contribution in [0, 0.1) is 5.92 Å². The molecule has 2 saturated heterocycles. The SMILES string of the molecule is CCN1CCOC(CN=C2NC3CCCC3CS2)C1. The van der Waals surface area contributed by atoms with Crippen molar-refractivity contribution in [3.8, 4) is 0 Å². The van der Waals surface area contributed by atoms with E-state index < -0.39 is 0 Å². The number of likely N-dealkylation sites (N-methyl/N-ethyl adjacent to an activating group) is 1. The molecule has 3 fully saturated rings. The largest absolute Gasteiger partial charge is 0.374 e. The van der Waals surface area contributed by atoms with E-state index in [-0.39, 0.29) is 6.10 Å². The lowest BCUT2D eigenvalue weighted by Crippen LogP contribution is -2.45. The van der Waals surface area contributed by atoms with Gasteiger partial charge in [0.05, 0.1) is 19.3 Å². The predicted octanol–water partition coefficient (Wildman–Crippen LogP) is 1.57. The molecule has 3 aliphatic rings. The molecule has 5 heteroatoms. The standard InChI is InChI=1S/C14H25N3OS/c1-2-17-6-7-18-12(9-17)8-15-14-16-13-5-3-4-11(13)10-19-14/h11-13H,2-10H2,1H3,(H,15,16). The molecule has 0 bridgehead atoms. The zero-order chi connectivity index (χ0) is 13.1. The molecule has 2 aliphatic heterocycles. The molecular weight excluding hydrogens is 258 g/mol. The van der Waals surface area contributed by atoms with Gasteiger partial charge in [0, 0.05) is 24.9 Å². The van der Waals surface area contributed by atoms with Crippen molar-refractivity contribution in [1.29, 1.82) is 0 Å². The molecule has 108 valence electrons. The van der Waals surface area contributed by atoms with Crippen LogP contribution in [0.4, 0.5) is 0 Å². The van der Waals surface area contributed by atoms with Crippen molar-refractivity contribution < 1.29 is 4.74 Å². The minimum atomic E-state index is 0.282. The minimum Gasteiger partial charge on any atom is -0.374 e. The van der Waals surface area contributed by atoms with Crippen molar-refractivity contribution in [1.82, 2.24) is 10.2 Å². The quantitative estimate of drug-likeness (QED) is 0.853. The summed E-state index contributed by atoms with van der Waals surface area (Å²) in [6.07, 6.45) is 4.39. The minimum absolute atomic E-state index is 0.282. The number of amidine groups is 1. The van der Waals surface area contributed by atoms with Gasteiger partial charge in [-0.3, -0.25) is 9.89 Å². The number of rotatable bonds is 3. The highest BCUT2D eigenvalue weighted by Gasteiger charge is 2.32. The molecule has 0 aromatic carbocycles. The first-order chi connectivity index (χ1) is 9.35. The predicted molar refractivity (Wildman–Crippen MR) is 80.9 cm³/mol. The second-order valence-corrected chi connectivity index (χ2v) is 6.79. The van der Waals surface area contributed by atoms with Crippen molar-refractivity contribution >= 4 is 16.9 Å². The molecule has 19 heavy (non-hydrogen) atoms. The van der Waals surface area contributed by atoms with Gasteiger partial charge in [0.15, 0.2) is 5.17 Å². The van der Waals surface area contributed by atoms with Gasteiger partial charge in [-0.1, -0.05) is 25.1 Å². The van der Waals surface area contributed by atoms with E-state index in [1.807, 2.05) is 11.8 Å². The van der Waals surface area contributed by atoms with Crippen LogP contribution in [0.25, 0.3) is 0 Å². The van der Waals surface area contributed by atoms with Crippen LogP contribution in [0.2, 0.25) is 0 Å². The molecular formula is C14H25N3OS. The van der Waals surface area contributed by atoms with Crippen molar-refractivity contribution in [3.05, 3.63) is 0 Å². The van der Waals surface area contributed by atoms with Gasteiger partial charge in [-0.2, -0.15) is 0 Å². The smallest absolute Gasteiger partial charge is 0.156 e. The third-order valence-corrected chi connectivity index (χ3v) is 5.63. The van der Waals surface area contributed by atoms with E-state index in [0.29, 0.717) is 6.04 Å². The maximum Gasteiger partial charge on any atom is 0.156 e. The zero-order valence-corrected chi connectivity index (χ0v) is 12.6. The van der Waals surface area contributed by atoms with Crippen LogP contribution in [0.5, 0.6) is 0 Å². The highest BCUT2D eigenvalue weighted by Crippen LogP contribution is 2.32. The third-order valence-electron chi connectivity index (χ3n) is 4.51. The first kappa shape index (κ1) is 13.7. The Hall–Kier alpha value is -0.260. The van der Waals surface area contributed by atoms with Crippen molar-refractivity contribution in [2.75, 3.05) is 38.5 Å². The normalized spacial score (nSPS) is 38.2. The second kappa shape index (κ2) is 6.46. The van der Waals surface area contributed by atoms with Gasteiger partial charge in [0.2, 0.25) is 0 Å². The summed E-state index contributed by atoms with van der Waals surface area (Å²) in [4.78, 5) is 7.20. The Labute approximate surface area is 120 Å². The third kappa shape index (κ3) is 3.44. The molecule has 3 rings (SSSR count). The summed E-state index contributed by atoms with van der Waals surface area (Å²) in [6, 6.07) is 0.694. The molecule has 3 unspecified atom stereocenters. The Morgan fingerprint density at radius 2 is 2.42 bits per heavy atom. The van der Waals surface area contributed by atoms with Crippen LogP contribution in [0.15, 0.2) is 4.99 Å². The lowest BCUT2D eigenvalue weighted by molar-refractivity contribution is -0.0209. The molecule has 0 amide bonds. The number of thioether (sulfide) groups is 1. The molecule has 2 heterocycles. The number of morpholine rings is 1. The topological polar surface area (TPSA) is 36.9 Å². The number of aliphatic imine (C=N–C) groups is 1. The van der Waals surface area contributed by atoms with Gasteiger partial charge < -0.3 is 10.1 Å². The average Bonchev–Trinajstić information content (AvgIpc) is 2.93. The lowest BCUT2D eigenvalue weighted by atomic mass is 10.1. The molecule has 0 aromatic heterocycles. The summed E-state index contributed by atoms with van der Waals surface area (Å²) in [5, 5.41) is 4.78. The zero-order valence-electron chi connectivity index (χ0n) is 11.8. The van der Waals surface area contributed by atoms with Gasteiger partial charge >= 0.3 is 0 Å². The second-order valence-electron chi connectivity index (χ2n) is 5.78. The first-order valence-corrected chi connectivity index (χ1v) is 8.61. The number of hydrogen-bond donors (Lipinski definition) is 1. The van der Waals surface area contributed by atoms with Crippen LogP contribution in [0.3, 0.4) is 0 Å². The van der Waals surface area contributed by atoms with Crippen LogP contribution in [0.1, 0.15) is 26.2 Å². The van der Waals surface area contributed by atoms with Crippen molar-refractivity contribution in [2.45, 2.75) is 38.3 Å². The molecule has 4 nitrogen and oxygen atoms in total. The highest BCUT2D eigenvalue weighted by molar-refractivity contribution is 8.13. The fraction of sp³-hybridized carbons (Fsp3) is 0.929. The summed E-state index contributed by atoms with van der Waals surface area (Å²) >= 11 is 1.90. The number of fused-ring (bicyclic) bond motifs is 1. The molecule has 3 atom stereocenters. The van der Waals surface area contributed by atoms with E-state index in [4.69, 9.17) is 9.73 Å². The maximum absolute atomic E-state index is 5.80. The molecule has 0 aromatic rings. The molecule has 0 radical (unpaired) electrons. The van der Waals surface area contributed by atoms with Gasteiger partial charge in [0.25, 0.3) is 0 Å². The Kier molecular flexibility index (Phi) is 4.66. The number of nitrogens with one attached hydrogen (secondary N) is 1. The van der Waals surface area contributed by atoms with Gasteiger partial charge in [0.1, 0.15) is 0 Å². The van der Waals surface area contributed by atoms with E-state index in [0.717, 1.165) is 43.9 Å². The molecule has 1 N–H and O–H groups in total. The van der Waals surface area contributed by atoms with E-state index in [1.165, 1.54) is 25.0 Å². The van der Waals surface area contributed by atoms with Crippen molar-refractivity contribution in [3.63, 3.8) is 0 Å². The van der Waals surface area contributed by atoms with E-state index >= 15 is 0 Å². The fourth-order valence-electron chi connectivity index (χ4n) is 3.27. The Morgan fingerprint density at radius 3 is 3.32 bits per heavy atom. The van der Waals surface area contributed by atoms with E-state index in [1.54, 1.807) is 0 Å². The van der Waals surface area contributed by atoms with Gasteiger partial charge in [-0.05, 0) is 25.3 Å². The van der Waals surface area contributed by atoms with Crippen LogP contribution in [-0.4, -0.2) is 60.8 Å². The van der Waals surface area contributed by atoms with E-state index in [2.05, 4.69) is 17.1 Å². The van der Waals surface area contributed by atoms with E-state index in [9.17, 15) is 0 Å². The molecule has 1 aliphatic carbocycles. The first-order valence-electron chi connectivity index (χ1n) is 7.63. The Balaban J connectivity index is 1.49. The highest BCUT2D eigenvalue weighted by atomic mass is 32.2. The Morgan fingerprint density at radius 1 is 1.47 bits per heavy atom. The molecule has 1 saturated carbocycles.